The predicted molar refractivity (Wildman–Crippen MR) is 120 cm³/mol. The molecule has 9 heteroatoms. The number of primary amides is 1. The highest BCUT2D eigenvalue weighted by atomic mass is 32.1. The summed E-state index contributed by atoms with van der Waals surface area (Å²) in [5.41, 5.74) is 8.09. The average molecular weight is 442 g/mol. The van der Waals surface area contributed by atoms with Crippen LogP contribution in [0.5, 0.6) is 0 Å². The summed E-state index contributed by atoms with van der Waals surface area (Å²) in [6.45, 7) is 3.51. The van der Waals surface area contributed by atoms with Crippen LogP contribution in [-0.4, -0.2) is 47.2 Å². The third-order valence-electron chi connectivity index (χ3n) is 5.91. The van der Waals surface area contributed by atoms with Gasteiger partial charge in [-0.2, -0.15) is 0 Å². The summed E-state index contributed by atoms with van der Waals surface area (Å²) in [5, 5.41) is 6.35. The van der Waals surface area contributed by atoms with Crippen LogP contribution in [0.15, 0.2) is 18.3 Å². The van der Waals surface area contributed by atoms with Gasteiger partial charge in [0.25, 0.3) is 5.91 Å². The molecule has 3 amide bonds. The number of likely N-dealkylation sites (tertiary alicyclic amines) is 1. The van der Waals surface area contributed by atoms with Gasteiger partial charge in [-0.05, 0) is 75.4 Å². The van der Waals surface area contributed by atoms with Gasteiger partial charge in [-0.3, -0.25) is 19.3 Å². The van der Waals surface area contributed by atoms with Crippen LogP contribution in [0, 0.1) is 12.8 Å². The van der Waals surface area contributed by atoms with Crippen LogP contribution < -0.4 is 16.4 Å². The molecule has 0 radical (unpaired) electrons. The maximum atomic E-state index is 12.6. The highest BCUT2D eigenvalue weighted by molar-refractivity contribution is 7.17. The molecule has 3 heterocycles. The van der Waals surface area contributed by atoms with Crippen LogP contribution >= 0.6 is 11.3 Å². The minimum Gasteiger partial charge on any atom is -0.365 e. The van der Waals surface area contributed by atoms with Crippen molar-refractivity contribution in [3.63, 3.8) is 0 Å². The van der Waals surface area contributed by atoms with Crippen molar-refractivity contribution in [3.8, 4) is 0 Å². The number of nitrogens with one attached hydrogen (secondary N) is 2. The van der Waals surface area contributed by atoms with Gasteiger partial charge in [0.1, 0.15) is 10.8 Å². The molecule has 1 fully saturated rings. The number of pyridine rings is 1. The average Bonchev–Trinajstić information content (AvgIpc) is 3.28. The number of carbonyl (C=O) groups excluding carboxylic acids is 3. The monoisotopic (exact) mass is 441 g/mol. The standard InChI is InChI=1S/C22H27N5O3S/c1-13-5-8-24-17(11-13)25-21(30)14-6-9-27(10-7-14)12-18(28)26-22-19(20(23)29)15-3-2-4-16(15)31-22/h5,8,11,14H,2-4,6-7,9-10,12H2,1H3,(H2,23,29)(H,26,28)(H,24,25,30). The quantitative estimate of drug-likeness (QED) is 0.636. The van der Waals surface area contributed by atoms with Crippen LogP contribution in [-0.2, 0) is 22.4 Å². The number of aryl methyl sites for hydroxylation is 2. The largest absolute Gasteiger partial charge is 0.365 e. The Morgan fingerprint density at radius 3 is 2.71 bits per heavy atom. The van der Waals surface area contributed by atoms with Gasteiger partial charge in [0, 0.05) is 17.0 Å². The molecular weight excluding hydrogens is 414 g/mol. The van der Waals surface area contributed by atoms with Gasteiger partial charge in [0.2, 0.25) is 11.8 Å². The second-order valence-electron chi connectivity index (χ2n) is 8.23. The maximum Gasteiger partial charge on any atom is 0.251 e. The van der Waals surface area contributed by atoms with E-state index in [1.165, 1.54) is 11.3 Å². The number of amides is 3. The van der Waals surface area contributed by atoms with Gasteiger partial charge in [-0.15, -0.1) is 11.3 Å². The molecule has 4 rings (SSSR count). The Hall–Kier alpha value is -2.78. The molecule has 0 unspecified atom stereocenters. The summed E-state index contributed by atoms with van der Waals surface area (Å²) in [7, 11) is 0. The smallest absolute Gasteiger partial charge is 0.251 e. The Labute approximate surface area is 185 Å². The molecule has 2 aliphatic rings. The van der Waals surface area contributed by atoms with Crippen molar-refractivity contribution < 1.29 is 14.4 Å². The summed E-state index contributed by atoms with van der Waals surface area (Å²) in [6.07, 6.45) is 5.85. The summed E-state index contributed by atoms with van der Waals surface area (Å²) in [4.78, 5) is 44.4. The summed E-state index contributed by atoms with van der Waals surface area (Å²) < 4.78 is 0. The zero-order valence-electron chi connectivity index (χ0n) is 17.6. The number of piperidine rings is 1. The number of aromatic nitrogens is 1. The Balaban J connectivity index is 1.28. The third kappa shape index (κ3) is 4.94. The number of thiophene rings is 1. The highest BCUT2D eigenvalue weighted by Gasteiger charge is 2.28. The first kappa shape index (κ1) is 21.5. The number of rotatable bonds is 6. The second kappa shape index (κ2) is 9.15. The first-order valence-corrected chi connectivity index (χ1v) is 11.4. The van der Waals surface area contributed by atoms with Crippen molar-refractivity contribution in [1.29, 1.82) is 0 Å². The van der Waals surface area contributed by atoms with E-state index < -0.39 is 5.91 Å². The third-order valence-corrected chi connectivity index (χ3v) is 7.12. The molecular formula is C22H27N5O3S. The van der Waals surface area contributed by atoms with Crippen molar-refractivity contribution in [2.24, 2.45) is 11.7 Å². The predicted octanol–water partition coefficient (Wildman–Crippen LogP) is 2.33. The molecule has 0 bridgehead atoms. The van der Waals surface area contributed by atoms with E-state index in [9.17, 15) is 14.4 Å². The lowest BCUT2D eigenvalue weighted by atomic mass is 9.96. The van der Waals surface area contributed by atoms with Crippen LogP contribution in [0.4, 0.5) is 10.8 Å². The maximum absolute atomic E-state index is 12.6. The molecule has 1 saturated heterocycles. The Bertz CT molecular complexity index is 1010. The first-order chi connectivity index (χ1) is 14.9. The van der Waals surface area contributed by atoms with Crippen LogP contribution in [0.2, 0.25) is 0 Å². The van der Waals surface area contributed by atoms with Gasteiger partial charge < -0.3 is 16.4 Å². The molecule has 8 nitrogen and oxygen atoms in total. The van der Waals surface area contributed by atoms with Gasteiger partial charge in [0.15, 0.2) is 0 Å². The minimum atomic E-state index is -0.482. The van der Waals surface area contributed by atoms with E-state index in [2.05, 4.69) is 15.6 Å². The fraction of sp³-hybridized carbons (Fsp3) is 0.455. The molecule has 1 aliphatic carbocycles. The molecule has 0 saturated carbocycles. The first-order valence-electron chi connectivity index (χ1n) is 10.6. The summed E-state index contributed by atoms with van der Waals surface area (Å²) in [5.74, 6) is -0.191. The fourth-order valence-corrected chi connectivity index (χ4v) is 5.62. The number of nitrogens with zero attached hydrogens (tertiary/aromatic N) is 2. The molecule has 0 atom stereocenters. The summed E-state index contributed by atoms with van der Waals surface area (Å²) >= 11 is 1.46. The molecule has 4 N–H and O–H groups in total. The van der Waals surface area contributed by atoms with E-state index in [4.69, 9.17) is 5.73 Å². The highest BCUT2D eigenvalue weighted by Crippen LogP contribution is 2.38. The second-order valence-corrected chi connectivity index (χ2v) is 9.34. The van der Waals surface area contributed by atoms with Crippen LogP contribution in [0.1, 0.15) is 45.6 Å². The van der Waals surface area contributed by atoms with Gasteiger partial charge in [-0.1, -0.05) is 0 Å². The molecule has 164 valence electrons. The zero-order valence-corrected chi connectivity index (χ0v) is 18.4. The van der Waals surface area contributed by atoms with Crippen molar-refractivity contribution >= 4 is 39.9 Å². The van der Waals surface area contributed by atoms with E-state index in [-0.39, 0.29) is 24.3 Å². The number of fused-ring (bicyclic) bond motifs is 1. The molecule has 1 aliphatic heterocycles. The lowest BCUT2D eigenvalue weighted by Crippen LogP contribution is -2.41. The van der Waals surface area contributed by atoms with E-state index in [0.29, 0.717) is 42.3 Å². The Morgan fingerprint density at radius 2 is 2.00 bits per heavy atom. The zero-order chi connectivity index (χ0) is 22.0. The molecule has 0 aromatic carbocycles. The number of nitrogens with two attached hydrogens (primary N) is 1. The van der Waals surface area contributed by atoms with E-state index in [0.717, 1.165) is 35.3 Å². The summed E-state index contributed by atoms with van der Waals surface area (Å²) in [6, 6.07) is 3.73. The van der Waals surface area contributed by atoms with Gasteiger partial charge in [-0.25, -0.2) is 4.98 Å². The number of hydrogen-bond acceptors (Lipinski definition) is 6. The van der Waals surface area contributed by atoms with E-state index in [1.807, 2.05) is 24.0 Å². The molecule has 2 aromatic heterocycles. The number of carbonyl (C=O) groups is 3. The van der Waals surface area contributed by atoms with Crippen LogP contribution in [0.25, 0.3) is 0 Å². The van der Waals surface area contributed by atoms with Crippen molar-refractivity contribution in [3.05, 3.63) is 39.9 Å². The van der Waals surface area contributed by atoms with E-state index in [1.54, 1.807) is 6.20 Å². The lowest BCUT2D eigenvalue weighted by molar-refractivity contribution is -0.121. The Kier molecular flexibility index (Phi) is 6.33. The molecule has 2 aromatic rings. The van der Waals surface area contributed by atoms with Gasteiger partial charge in [0.05, 0.1) is 12.1 Å². The number of hydrogen-bond donors (Lipinski definition) is 3. The Morgan fingerprint density at radius 1 is 1.23 bits per heavy atom. The lowest BCUT2D eigenvalue weighted by Gasteiger charge is -2.30. The van der Waals surface area contributed by atoms with Crippen molar-refractivity contribution in [2.45, 2.75) is 39.0 Å². The minimum absolute atomic E-state index is 0.0265. The van der Waals surface area contributed by atoms with E-state index >= 15 is 0 Å². The molecule has 31 heavy (non-hydrogen) atoms. The number of anilines is 2. The topological polar surface area (TPSA) is 117 Å². The fourth-order valence-electron chi connectivity index (χ4n) is 4.31. The van der Waals surface area contributed by atoms with Crippen LogP contribution in [0.3, 0.4) is 0 Å². The molecule has 0 spiro atoms. The van der Waals surface area contributed by atoms with Crippen molar-refractivity contribution in [2.75, 3.05) is 30.3 Å². The SMILES string of the molecule is Cc1ccnc(NC(=O)C2CCN(CC(=O)Nc3sc4c(c3C(N)=O)CCC4)CC2)c1. The van der Waals surface area contributed by atoms with Crippen molar-refractivity contribution in [1.82, 2.24) is 9.88 Å². The normalized spacial score (nSPS) is 16.7. The van der Waals surface area contributed by atoms with Gasteiger partial charge >= 0.3 is 0 Å².